The number of aromatic nitrogens is 2. The molecule has 6 heteroatoms. The SMILES string of the molecule is COc1cccc(C(O)CNC(=O)Cc2[nH]nc3ccccc23)c1. The van der Waals surface area contributed by atoms with Crippen LogP contribution in [0.4, 0.5) is 0 Å². The van der Waals surface area contributed by atoms with Crippen LogP contribution in [0, 0.1) is 0 Å². The highest BCUT2D eigenvalue weighted by molar-refractivity contribution is 5.87. The fourth-order valence-electron chi connectivity index (χ4n) is 2.55. The van der Waals surface area contributed by atoms with Crippen molar-refractivity contribution in [1.29, 1.82) is 0 Å². The minimum atomic E-state index is -0.789. The average Bonchev–Trinajstić information content (AvgIpc) is 3.03. The average molecular weight is 325 g/mol. The molecule has 0 fully saturated rings. The van der Waals surface area contributed by atoms with Gasteiger partial charge in [-0.2, -0.15) is 5.10 Å². The zero-order chi connectivity index (χ0) is 16.9. The molecule has 1 amide bonds. The molecule has 24 heavy (non-hydrogen) atoms. The highest BCUT2D eigenvalue weighted by Crippen LogP contribution is 2.19. The summed E-state index contributed by atoms with van der Waals surface area (Å²) < 4.78 is 5.13. The lowest BCUT2D eigenvalue weighted by atomic mass is 10.1. The number of aliphatic hydroxyl groups is 1. The number of para-hydroxylation sites is 1. The van der Waals surface area contributed by atoms with Gasteiger partial charge in [0.25, 0.3) is 0 Å². The summed E-state index contributed by atoms with van der Waals surface area (Å²) in [6, 6.07) is 14.8. The molecule has 0 saturated carbocycles. The predicted octanol–water partition coefficient (Wildman–Crippen LogP) is 1.96. The summed E-state index contributed by atoms with van der Waals surface area (Å²) in [6.45, 7) is 0.137. The maximum absolute atomic E-state index is 12.1. The Kier molecular flexibility index (Phi) is 4.77. The largest absolute Gasteiger partial charge is 0.497 e. The molecule has 6 nitrogen and oxygen atoms in total. The third kappa shape index (κ3) is 3.55. The third-order valence-corrected chi connectivity index (χ3v) is 3.85. The summed E-state index contributed by atoms with van der Waals surface area (Å²) >= 11 is 0. The van der Waals surface area contributed by atoms with Crippen LogP contribution in [0.15, 0.2) is 48.5 Å². The molecule has 0 saturated heterocycles. The maximum atomic E-state index is 12.1. The molecule has 0 aliphatic carbocycles. The van der Waals surface area contributed by atoms with Crippen LogP contribution in [-0.2, 0) is 11.2 Å². The first-order valence-corrected chi connectivity index (χ1v) is 7.68. The number of methoxy groups -OCH3 is 1. The minimum Gasteiger partial charge on any atom is -0.497 e. The zero-order valence-electron chi connectivity index (χ0n) is 13.3. The van der Waals surface area contributed by atoms with Gasteiger partial charge in [-0.15, -0.1) is 0 Å². The van der Waals surface area contributed by atoms with Crippen molar-refractivity contribution in [2.75, 3.05) is 13.7 Å². The Morgan fingerprint density at radius 2 is 2.12 bits per heavy atom. The molecule has 0 aliphatic heterocycles. The van der Waals surface area contributed by atoms with E-state index < -0.39 is 6.10 Å². The number of hydrogen-bond acceptors (Lipinski definition) is 4. The number of aliphatic hydroxyl groups excluding tert-OH is 1. The lowest BCUT2D eigenvalue weighted by Crippen LogP contribution is -2.29. The molecular formula is C18H19N3O3. The van der Waals surface area contributed by atoms with Gasteiger partial charge in [0.1, 0.15) is 5.75 Å². The van der Waals surface area contributed by atoms with Crippen molar-refractivity contribution in [3.63, 3.8) is 0 Å². The summed E-state index contributed by atoms with van der Waals surface area (Å²) in [5, 5.41) is 20.9. The first kappa shape index (κ1) is 16.0. The van der Waals surface area contributed by atoms with E-state index in [2.05, 4.69) is 15.5 Å². The summed E-state index contributed by atoms with van der Waals surface area (Å²) in [5.74, 6) is 0.494. The Morgan fingerprint density at radius 3 is 2.96 bits per heavy atom. The zero-order valence-corrected chi connectivity index (χ0v) is 13.3. The van der Waals surface area contributed by atoms with Crippen molar-refractivity contribution >= 4 is 16.8 Å². The topological polar surface area (TPSA) is 87.2 Å². The van der Waals surface area contributed by atoms with Crippen LogP contribution in [-0.4, -0.2) is 34.9 Å². The van der Waals surface area contributed by atoms with E-state index >= 15 is 0 Å². The van der Waals surface area contributed by atoms with E-state index in [4.69, 9.17) is 4.74 Å². The number of rotatable bonds is 6. The number of carbonyl (C=O) groups is 1. The molecule has 1 unspecified atom stereocenters. The van der Waals surface area contributed by atoms with E-state index in [9.17, 15) is 9.90 Å². The van der Waals surface area contributed by atoms with Gasteiger partial charge in [-0.3, -0.25) is 9.89 Å². The van der Waals surface area contributed by atoms with Gasteiger partial charge in [0.2, 0.25) is 5.91 Å². The van der Waals surface area contributed by atoms with E-state index in [1.54, 1.807) is 31.4 Å². The van der Waals surface area contributed by atoms with E-state index in [0.29, 0.717) is 11.3 Å². The number of ether oxygens (including phenoxy) is 1. The number of nitrogens with zero attached hydrogens (tertiary/aromatic N) is 1. The highest BCUT2D eigenvalue weighted by Gasteiger charge is 2.13. The Bertz CT molecular complexity index is 844. The Balaban J connectivity index is 1.59. The molecule has 3 rings (SSSR count). The number of H-pyrrole nitrogens is 1. The number of nitrogens with one attached hydrogen (secondary N) is 2. The maximum Gasteiger partial charge on any atom is 0.226 e. The fraction of sp³-hybridized carbons (Fsp3) is 0.222. The van der Waals surface area contributed by atoms with Crippen LogP contribution in [0.25, 0.3) is 10.9 Å². The minimum absolute atomic E-state index is 0.137. The fourth-order valence-corrected chi connectivity index (χ4v) is 2.55. The summed E-state index contributed by atoms with van der Waals surface area (Å²) in [4.78, 5) is 12.1. The van der Waals surface area contributed by atoms with Gasteiger partial charge in [-0.1, -0.05) is 30.3 Å². The van der Waals surface area contributed by atoms with Crippen LogP contribution in [0.5, 0.6) is 5.75 Å². The van der Waals surface area contributed by atoms with Crippen molar-refractivity contribution < 1.29 is 14.6 Å². The van der Waals surface area contributed by atoms with Crippen LogP contribution in [0.2, 0.25) is 0 Å². The third-order valence-electron chi connectivity index (χ3n) is 3.85. The van der Waals surface area contributed by atoms with Gasteiger partial charge < -0.3 is 15.2 Å². The highest BCUT2D eigenvalue weighted by atomic mass is 16.5. The summed E-state index contributed by atoms with van der Waals surface area (Å²) in [7, 11) is 1.57. The number of fused-ring (bicyclic) bond motifs is 1. The van der Waals surface area contributed by atoms with Crippen LogP contribution >= 0.6 is 0 Å². The summed E-state index contributed by atoms with van der Waals surface area (Å²) in [6.07, 6.45) is -0.603. The standard InChI is InChI=1S/C18H19N3O3/c1-24-13-6-4-5-12(9-13)17(22)11-19-18(23)10-16-14-7-2-3-8-15(14)20-21-16/h2-9,17,22H,10-11H2,1H3,(H,19,23)(H,20,21). The molecule has 1 aromatic heterocycles. The Labute approximate surface area is 139 Å². The number of hydrogen-bond donors (Lipinski definition) is 3. The first-order valence-electron chi connectivity index (χ1n) is 7.68. The molecule has 0 spiro atoms. The van der Waals surface area contributed by atoms with Gasteiger partial charge >= 0.3 is 0 Å². The van der Waals surface area contributed by atoms with Crippen LogP contribution in [0.1, 0.15) is 17.4 Å². The molecule has 124 valence electrons. The van der Waals surface area contributed by atoms with Crippen molar-refractivity contribution in [3.8, 4) is 5.75 Å². The number of aromatic amines is 1. The second-order valence-electron chi connectivity index (χ2n) is 5.49. The first-order chi connectivity index (χ1) is 11.7. The Hall–Kier alpha value is -2.86. The molecule has 0 radical (unpaired) electrons. The molecule has 0 aliphatic rings. The lowest BCUT2D eigenvalue weighted by Gasteiger charge is -2.13. The molecule has 0 bridgehead atoms. The van der Waals surface area contributed by atoms with Gasteiger partial charge in [0.15, 0.2) is 0 Å². The second kappa shape index (κ2) is 7.14. The van der Waals surface area contributed by atoms with E-state index in [-0.39, 0.29) is 18.9 Å². The van der Waals surface area contributed by atoms with E-state index in [1.165, 1.54) is 0 Å². The van der Waals surface area contributed by atoms with Crippen molar-refractivity contribution in [1.82, 2.24) is 15.5 Å². The van der Waals surface area contributed by atoms with Gasteiger partial charge in [0, 0.05) is 11.9 Å². The predicted molar refractivity (Wildman–Crippen MR) is 90.8 cm³/mol. The van der Waals surface area contributed by atoms with Gasteiger partial charge in [-0.05, 0) is 23.8 Å². The quantitative estimate of drug-likeness (QED) is 0.646. The molecule has 2 aromatic carbocycles. The van der Waals surface area contributed by atoms with Gasteiger partial charge in [-0.25, -0.2) is 0 Å². The van der Waals surface area contributed by atoms with E-state index in [1.807, 2.05) is 24.3 Å². The van der Waals surface area contributed by atoms with Crippen molar-refractivity contribution in [3.05, 3.63) is 59.8 Å². The Morgan fingerprint density at radius 1 is 1.29 bits per heavy atom. The van der Waals surface area contributed by atoms with Crippen molar-refractivity contribution in [2.24, 2.45) is 0 Å². The van der Waals surface area contributed by atoms with Crippen molar-refractivity contribution in [2.45, 2.75) is 12.5 Å². The van der Waals surface area contributed by atoms with Crippen LogP contribution < -0.4 is 10.1 Å². The van der Waals surface area contributed by atoms with Gasteiger partial charge in [0.05, 0.1) is 30.8 Å². The normalized spacial score (nSPS) is 12.1. The molecule has 1 atom stereocenters. The second-order valence-corrected chi connectivity index (χ2v) is 5.49. The molecule has 3 N–H and O–H groups in total. The number of carbonyl (C=O) groups excluding carboxylic acids is 1. The van der Waals surface area contributed by atoms with E-state index in [0.717, 1.165) is 16.6 Å². The number of amides is 1. The number of benzene rings is 2. The molecular weight excluding hydrogens is 306 g/mol. The lowest BCUT2D eigenvalue weighted by molar-refractivity contribution is -0.120. The summed E-state index contributed by atoms with van der Waals surface area (Å²) in [5.41, 5.74) is 2.29. The van der Waals surface area contributed by atoms with Crippen LogP contribution in [0.3, 0.4) is 0 Å². The molecule has 3 aromatic rings. The smallest absolute Gasteiger partial charge is 0.226 e. The monoisotopic (exact) mass is 325 g/mol. The molecule has 1 heterocycles.